The first-order valence-electron chi connectivity index (χ1n) is 16.2. The topological polar surface area (TPSA) is 123 Å². The Hall–Kier alpha value is -4.87. The van der Waals surface area contributed by atoms with Crippen LogP contribution in [0.2, 0.25) is 0 Å². The zero-order valence-electron chi connectivity index (χ0n) is 27.7. The van der Waals surface area contributed by atoms with Crippen molar-refractivity contribution in [1.82, 2.24) is 5.32 Å². The van der Waals surface area contributed by atoms with Gasteiger partial charge in [-0.15, -0.1) is 23.1 Å². The van der Waals surface area contributed by atoms with Crippen molar-refractivity contribution < 1.29 is 28.7 Å². The molecule has 1 aromatic heterocycles. The molecule has 0 saturated carbocycles. The van der Waals surface area contributed by atoms with E-state index in [1.54, 1.807) is 67.6 Å². The van der Waals surface area contributed by atoms with Gasteiger partial charge in [-0.25, -0.2) is 4.79 Å². The number of hydrogen-bond acceptors (Lipinski definition) is 8. The summed E-state index contributed by atoms with van der Waals surface area (Å²) in [7, 11) is 1.36. The van der Waals surface area contributed by atoms with Crippen molar-refractivity contribution in [3.63, 3.8) is 0 Å². The minimum Gasteiger partial charge on any atom is -0.493 e. The van der Waals surface area contributed by atoms with Gasteiger partial charge in [0.25, 0.3) is 11.8 Å². The Labute approximate surface area is 294 Å². The van der Waals surface area contributed by atoms with Gasteiger partial charge in [0, 0.05) is 26.6 Å². The summed E-state index contributed by atoms with van der Waals surface area (Å²) in [6.07, 6.45) is 6.42. The highest BCUT2D eigenvalue weighted by atomic mass is 32.2. The summed E-state index contributed by atoms with van der Waals surface area (Å²) in [5, 5.41) is 8.64. The average Bonchev–Trinajstić information content (AvgIpc) is 3.28. The minimum atomic E-state index is -0.531. The largest absolute Gasteiger partial charge is 0.493 e. The Bertz CT molecular complexity index is 1850. The molecule has 3 N–H and O–H groups in total. The van der Waals surface area contributed by atoms with Crippen LogP contribution >= 0.6 is 23.1 Å². The number of aryl methyl sites for hydroxylation is 1. The maximum Gasteiger partial charge on any atom is 0.341 e. The van der Waals surface area contributed by atoms with E-state index < -0.39 is 23.0 Å². The Morgan fingerprint density at radius 2 is 1.67 bits per heavy atom. The quantitative estimate of drug-likeness (QED) is 0.0599. The third kappa shape index (κ3) is 9.18. The average molecular weight is 698 g/mol. The first kappa shape index (κ1) is 35.4. The Morgan fingerprint density at radius 3 is 2.45 bits per heavy atom. The van der Waals surface area contributed by atoms with Crippen LogP contribution in [0.4, 0.5) is 10.7 Å². The number of ether oxygens (including phenoxy) is 2. The molecular weight excluding hydrogens is 659 g/mol. The van der Waals surface area contributed by atoms with Gasteiger partial charge in [-0.3, -0.25) is 14.4 Å². The SMILES string of the molecule is CCOc1ccccc1/C=C(/NC(=O)c1ccccc1)C(=O)Nc1cccc(SC(C)C(=O)Nc2sc3c(c2C(=O)OC)CCCCC3)c1. The molecule has 0 saturated heterocycles. The van der Waals surface area contributed by atoms with Crippen LogP contribution in [0.5, 0.6) is 5.75 Å². The molecule has 0 aliphatic heterocycles. The van der Waals surface area contributed by atoms with Crippen LogP contribution in [0.3, 0.4) is 0 Å². The first-order valence-corrected chi connectivity index (χ1v) is 17.9. The Morgan fingerprint density at radius 1 is 0.918 bits per heavy atom. The number of amides is 3. The molecule has 1 atom stereocenters. The normalized spacial score (nSPS) is 13.3. The maximum atomic E-state index is 13.7. The van der Waals surface area contributed by atoms with E-state index in [2.05, 4.69) is 16.0 Å². The van der Waals surface area contributed by atoms with Crippen LogP contribution in [0, 0.1) is 0 Å². The fraction of sp³-hybridized carbons (Fsp3) is 0.263. The van der Waals surface area contributed by atoms with Crippen molar-refractivity contribution >= 4 is 63.6 Å². The number of hydrogen-bond donors (Lipinski definition) is 3. The van der Waals surface area contributed by atoms with Crippen molar-refractivity contribution in [3.05, 3.63) is 112 Å². The molecule has 4 aromatic rings. The number of carbonyl (C=O) groups excluding carboxylic acids is 4. The lowest BCUT2D eigenvalue weighted by molar-refractivity contribution is -0.115. The highest BCUT2D eigenvalue weighted by Gasteiger charge is 2.27. The molecule has 3 amide bonds. The molecule has 0 spiro atoms. The second-order valence-corrected chi connectivity index (χ2v) is 13.9. The summed E-state index contributed by atoms with van der Waals surface area (Å²) in [6.45, 7) is 4.10. The summed E-state index contributed by atoms with van der Waals surface area (Å²) < 4.78 is 10.8. The summed E-state index contributed by atoms with van der Waals surface area (Å²) in [4.78, 5) is 54.8. The van der Waals surface area contributed by atoms with E-state index in [4.69, 9.17) is 9.47 Å². The number of fused-ring (bicyclic) bond motifs is 1. The number of thioether (sulfide) groups is 1. The Kier molecular flexibility index (Phi) is 12.3. The lowest BCUT2D eigenvalue weighted by Gasteiger charge is -2.15. The molecule has 9 nitrogen and oxygen atoms in total. The summed E-state index contributed by atoms with van der Waals surface area (Å²) in [5.74, 6) is -1.07. The number of anilines is 2. The van der Waals surface area contributed by atoms with Crippen molar-refractivity contribution in [2.75, 3.05) is 24.4 Å². The van der Waals surface area contributed by atoms with Gasteiger partial charge in [-0.05, 0) is 87.6 Å². The van der Waals surface area contributed by atoms with Crippen LogP contribution in [-0.4, -0.2) is 42.7 Å². The standard InChI is InChI=1S/C38H39N3O6S2/c1-4-47-31-20-12-11-16-26(31)22-30(40-35(43)25-14-7-5-8-15-25)36(44)39-27-17-13-18-28(23-27)48-24(2)34(42)41-37-33(38(45)46-3)29-19-9-6-10-21-32(29)49-37/h5,7-8,11-18,20,22-24H,4,6,9-10,19,21H2,1-3H3,(H,39,44)(H,40,43)(H,41,42)/b30-22+. The van der Waals surface area contributed by atoms with Gasteiger partial charge in [0.05, 0.1) is 24.5 Å². The smallest absolute Gasteiger partial charge is 0.341 e. The van der Waals surface area contributed by atoms with Crippen LogP contribution < -0.4 is 20.7 Å². The number of esters is 1. The number of thiophene rings is 1. The van der Waals surface area contributed by atoms with E-state index in [1.807, 2.05) is 31.2 Å². The van der Waals surface area contributed by atoms with Crippen LogP contribution in [0.1, 0.15) is 69.8 Å². The van der Waals surface area contributed by atoms with E-state index >= 15 is 0 Å². The second-order valence-electron chi connectivity index (χ2n) is 11.3. The van der Waals surface area contributed by atoms with Crippen LogP contribution in [0.25, 0.3) is 6.08 Å². The van der Waals surface area contributed by atoms with Gasteiger partial charge in [0.1, 0.15) is 16.4 Å². The molecule has 254 valence electrons. The molecule has 1 heterocycles. The molecule has 49 heavy (non-hydrogen) atoms. The van der Waals surface area contributed by atoms with Gasteiger partial charge in [-0.2, -0.15) is 0 Å². The van der Waals surface area contributed by atoms with Crippen LogP contribution in [0.15, 0.2) is 89.5 Å². The van der Waals surface area contributed by atoms with Crippen molar-refractivity contribution in [2.24, 2.45) is 0 Å². The van der Waals surface area contributed by atoms with Crippen molar-refractivity contribution in [1.29, 1.82) is 0 Å². The van der Waals surface area contributed by atoms with E-state index in [1.165, 1.54) is 30.2 Å². The third-order valence-corrected chi connectivity index (χ3v) is 10.2. The number of nitrogens with one attached hydrogen (secondary N) is 3. The maximum absolute atomic E-state index is 13.7. The second kappa shape index (κ2) is 17.0. The van der Waals surface area contributed by atoms with E-state index in [0.29, 0.717) is 39.7 Å². The molecule has 0 radical (unpaired) electrons. The monoisotopic (exact) mass is 697 g/mol. The summed E-state index contributed by atoms with van der Waals surface area (Å²) in [5.41, 5.74) is 3.00. The third-order valence-electron chi connectivity index (χ3n) is 7.87. The van der Waals surface area contributed by atoms with Gasteiger partial charge in [-0.1, -0.05) is 48.9 Å². The van der Waals surface area contributed by atoms with E-state index in [0.717, 1.165) is 47.4 Å². The molecule has 11 heteroatoms. The molecule has 1 aliphatic carbocycles. The van der Waals surface area contributed by atoms with E-state index in [-0.39, 0.29) is 11.6 Å². The van der Waals surface area contributed by atoms with Gasteiger partial charge in [0.15, 0.2) is 0 Å². The molecule has 1 unspecified atom stereocenters. The predicted octanol–water partition coefficient (Wildman–Crippen LogP) is 7.73. The highest BCUT2D eigenvalue weighted by Crippen LogP contribution is 2.38. The summed E-state index contributed by atoms with van der Waals surface area (Å²) in [6, 6.07) is 23.0. The Balaban J connectivity index is 1.31. The minimum absolute atomic E-state index is 0.0302. The zero-order chi connectivity index (χ0) is 34.8. The molecule has 1 aliphatic rings. The molecule has 5 rings (SSSR count). The number of carbonyl (C=O) groups is 4. The predicted molar refractivity (Wildman–Crippen MR) is 195 cm³/mol. The fourth-order valence-corrected chi connectivity index (χ4v) is 7.66. The molecule has 0 bridgehead atoms. The van der Waals surface area contributed by atoms with E-state index in [9.17, 15) is 19.2 Å². The zero-order valence-corrected chi connectivity index (χ0v) is 29.3. The molecule has 0 fully saturated rings. The highest BCUT2D eigenvalue weighted by molar-refractivity contribution is 8.00. The van der Waals surface area contributed by atoms with Gasteiger partial charge in [0.2, 0.25) is 5.91 Å². The summed E-state index contributed by atoms with van der Waals surface area (Å²) >= 11 is 2.78. The van der Waals surface area contributed by atoms with Gasteiger partial charge >= 0.3 is 5.97 Å². The van der Waals surface area contributed by atoms with Gasteiger partial charge < -0.3 is 25.4 Å². The molecular formula is C38H39N3O6S2. The van der Waals surface area contributed by atoms with Crippen molar-refractivity contribution in [2.45, 2.75) is 56.1 Å². The lowest BCUT2D eigenvalue weighted by atomic mass is 10.1. The fourth-order valence-electron chi connectivity index (χ4n) is 5.45. The number of benzene rings is 3. The number of para-hydroxylation sites is 1. The lowest BCUT2D eigenvalue weighted by Crippen LogP contribution is -2.30. The molecule has 3 aromatic carbocycles. The number of methoxy groups -OCH3 is 1. The first-order chi connectivity index (χ1) is 23.8. The number of rotatable bonds is 12. The van der Waals surface area contributed by atoms with Crippen LogP contribution in [-0.2, 0) is 27.2 Å². The van der Waals surface area contributed by atoms with Crippen molar-refractivity contribution in [3.8, 4) is 5.75 Å².